The molecule has 0 saturated heterocycles. The van der Waals surface area contributed by atoms with Gasteiger partial charge in [0.05, 0.1) is 11.9 Å². The molecule has 1 atom stereocenters. The van der Waals surface area contributed by atoms with E-state index in [1.165, 1.54) is 11.3 Å². The van der Waals surface area contributed by atoms with E-state index in [0.717, 1.165) is 38.2 Å². The lowest BCUT2D eigenvalue weighted by atomic mass is 10.1. The molecular weight excluding hydrogens is 404 g/mol. The number of benzene rings is 1. The number of rotatable bonds is 8. The van der Waals surface area contributed by atoms with E-state index in [1.54, 1.807) is 24.8 Å². The largest absolute Gasteiger partial charge is 0.299 e. The Kier molecular flexibility index (Phi) is 7.24. The molecule has 1 aromatic carbocycles. The van der Waals surface area contributed by atoms with E-state index in [2.05, 4.69) is 22.4 Å². The highest BCUT2D eigenvalue weighted by molar-refractivity contribution is 8.01. The first kappa shape index (κ1) is 21.6. The predicted molar refractivity (Wildman–Crippen MR) is 112 cm³/mol. The van der Waals surface area contributed by atoms with Crippen molar-refractivity contribution in [3.05, 3.63) is 29.3 Å². The van der Waals surface area contributed by atoms with Crippen LogP contribution in [0, 0.1) is 13.8 Å². The highest BCUT2D eigenvalue weighted by Gasteiger charge is 2.30. The molecule has 2 aromatic rings. The summed E-state index contributed by atoms with van der Waals surface area (Å²) in [4.78, 5) is 12.7. The lowest BCUT2D eigenvalue weighted by Gasteiger charge is -2.29. The van der Waals surface area contributed by atoms with E-state index in [4.69, 9.17) is 0 Å². The van der Waals surface area contributed by atoms with Crippen molar-refractivity contribution in [3.63, 3.8) is 0 Å². The van der Waals surface area contributed by atoms with Gasteiger partial charge in [0.1, 0.15) is 6.04 Å². The SMILES string of the molecule is CCCSc1nnc(NC(=O)C(C)N(c2cc(C)ccc2C)S(C)(=O)=O)s1. The summed E-state index contributed by atoms with van der Waals surface area (Å²) in [5, 5.41) is 11.0. The van der Waals surface area contributed by atoms with E-state index in [9.17, 15) is 13.2 Å². The number of hydrogen-bond donors (Lipinski definition) is 1. The second-order valence-electron chi connectivity index (χ2n) is 6.24. The van der Waals surface area contributed by atoms with Crippen LogP contribution in [0.15, 0.2) is 22.5 Å². The monoisotopic (exact) mass is 428 g/mol. The standard InChI is InChI=1S/C17H24N4O3S3/c1-6-9-25-17-20-19-16(26-17)18-15(22)13(4)21(27(5,23)24)14-10-11(2)7-8-12(14)3/h7-8,10,13H,6,9H2,1-5H3,(H,18,19,22). The third-order valence-electron chi connectivity index (χ3n) is 3.76. The topological polar surface area (TPSA) is 92.3 Å². The maximum atomic E-state index is 12.7. The molecule has 0 aliphatic rings. The first-order valence-corrected chi connectivity index (χ1v) is 12.1. The van der Waals surface area contributed by atoms with Gasteiger partial charge in [-0.1, -0.05) is 42.2 Å². The second kappa shape index (κ2) is 9.03. The first-order valence-electron chi connectivity index (χ1n) is 8.47. The predicted octanol–water partition coefficient (Wildman–Crippen LogP) is 3.45. The van der Waals surface area contributed by atoms with Crippen molar-refractivity contribution in [2.75, 3.05) is 21.6 Å². The van der Waals surface area contributed by atoms with Crippen LogP contribution in [-0.2, 0) is 14.8 Å². The van der Waals surface area contributed by atoms with E-state index in [1.807, 2.05) is 26.0 Å². The van der Waals surface area contributed by atoms with Crippen LogP contribution in [0.2, 0.25) is 0 Å². The zero-order valence-corrected chi connectivity index (χ0v) is 18.5. The fourth-order valence-electron chi connectivity index (χ4n) is 2.46. The zero-order chi connectivity index (χ0) is 20.2. The van der Waals surface area contributed by atoms with Crippen molar-refractivity contribution in [3.8, 4) is 0 Å². The van der Waals surface area contributed by atoms with Gasteiger partial charge in [-0.25, -0.2) is 8.42 Å². The molecule has 1 aromatic heterocycles. The van der Waals surface area contributed by atoms with Gasteiger partial charge in [0.25, 0.3) is 0 Å². The quantitative estimate of drug-likeness (QED) is 0.511. The average molecular weight is 429 g/mol. The number of nitrogens with one attached hydrogen (secondary N) is 1. The van der Waals surface area contributed by atoms with Crippen LogP contribution >= 0.6 is 23.1 Å². The summed E-state index contributed by atoms with van der Waals surface area (Å²) in [6.45, 7) is 7.34. The number of thioether (sulfide) groups is 1. The Morgan fingerprint density at radius 2 is 2.04 bits per heavy atom. The Hall–Kier alpha value is -1.65. The summed E-state index contributed by atoms with van der Waals surface area (Å²) in [5.74, 6) is 0.470. The lowest BCUT2D eigenvalue weighted by molar-refractivity contribution is -0.116. The summed E-state index contributed by atoms with van der Waals surface area (Å²) in [6.07, 6.45) is 2.12. The number of carbonyl (C=O) groups excluding carboxylic acids is 1. The van der Waals surface area contributed by atoms with E-state index in [-0.39, 0.29) is 0 Å². The zero-order valence-electron chi connectivity index (χ0n) is 16.0. The molecule has 1 unspecified atom stereocenters. The number of aromatic nitrogens is 2. The number of nitrogens with zero attached hydrogens (tertiary/aromatic N) is 3. The molecule has 0 saturated carbocycles. The molecule has 1 amide bonds. The molecular formula is C17H24N4O3S3. The van der Waals surface area contributed by atoms with Crippen LogP contribution in [0.1, 0.15) is 31.4 Å². The average Bonchev–Trinajstić information content (AvgIpc) is 3.02. The molecule has 0 aliphatic carbocycles. The van der Waals surface area contributed by atoms with Gasteiger partial charge in [-0.2, -0.15) is 0 Å². The van der Waals surface area contributed by atoms with Gasteiger partial charge in [0.2, 0.25) is 21.1 Å². The second-order valence-corrected chi connectivity index (χ2v) is 10.4. The molecule has 1 N–H and O–H groups in total. The van der Waals surface area contributed by atoms with E-state index < -0.39 is 22.0 Å². The van der Waals surface area contributed by atoms with Crippen LogP contribution in [-0.4, -0.2) is 42.6 Å². The number of anilines is 2. The number of sulfonamides is 1. The minimum absolute atomic E-state index is 0.361. The summed E-state index contributed by atoms with van der Waals surface area (Å²) >= 11 is 2.86. The number of hydrogen-bond acceptors (Lipinski definition) is 7. The van der Waals surface area contributed by atoms with E-state index in [0.29, 0.717) is 10.8 Å². The van der Waals surface area contributed by atoms with Gasteiger partial charge in [0, 0.05) is 5.75 Å². The van der Waals surface area contributed by atoms with Gasteiger partial charge in [0.15, 0.2) is 4.34 Å². The van der Waals surface area contributed by atoms with Crippen molar-refractivity contribution in [1.82, 2.24) is 10.2 Å². The Morgan fingerprint density at radius 1 is 1.33 bits per heavy atom. The van der Waals surface area contributed by atoms with Crippen molar-refractivity contribution >= 4 is 49.8 Å². The van der Waals surface area contributed by atoms with Crippen LogP contribution in [0.4, 0.5) is 10.8 Å². The van der Waals surface area contributed by atoms with Crippen molar-refractivity contribution in [1.29, 1.82) is 0 Å². The molecule has 27 heavy (non-hydrogen) atoms. The Balaban J connectivity index is 2.25. The smallest absolute Gasteiger partial charge is 0.249 e. The van der Waals surface area contributed by atoms with Crippen molar-refractivity contribution in [2.45, 2.75) is 44.5 Å². The highest BCUT2D eigenvalue weighted by Crippen LogP contribution is 2.28. The molecule has 0 spiro atoms. The molecule has 1 heterocycles. The van der Waals surface area contributed by atoms with Crippen molar-refractivity contribution < 1.29 is 13.2 Å². The van der Waals surface area contributed by atoms with Crippen LogP contribution in [0.5, 0.6) is 0 Å². The fourth-order valence-corrected chi connectivity index (χ4v) is 5.36. The Labute approximate surface area is 168 Å². The van der Waals surface area contributed by atoms with Crippen LogP contribution in [0.3, 0.4) is 0 Å². The Morgan fingerprint density at radius 3 is 2.67 bits per heavy atom. The first-order chi connectivity index (χ1) is 12.6. The highest BCUT2D eigenvalue weighted by atomic mass is 32.2. The maximum absolute atomic E-state index is 12.7. The summed E-state index contributed by atoms with van der Waals surface area (Å²) < 4.78 is 26.8. The summed E-state index contributed by atoms with van der Waals surface area (Å²) in [6, 6.07) is 4.58. The van der Waals surface area contributed by atoms with Crippen LogP contribution < -0.4 is 9.62 Å². The van der Waals surface area contributed by atoms with E-state index >= 15 is 0 Å². The summed E-state index contributed by atoms with van der Waals surface area (Å²) in [7, 11) is -3.66. The maximum Gasteiger partial charge on any atom is 0.249 e. The molecule has 10 heteroatoms. The molecule has 0 bridgehead atoms. The van der Waals surface area contributed by atoms with Gasteiger partial charge < -0.3 is 0 Å². The van der Waals surface area contributed by atoms with Gasteiger partial charge in [-0.15, -0.1) is 10.2 Å². The third-order valence-corrected chi connectivity index (χ3v) is 7.16. The molecule has 7 nitrogen and oxygen atoms in total. The summed E-state index contributed by atoms with van der Waals surface area (Å²) in [5.41, 5.74) is 2.19. The van der Waals surface area contributed by atoms with Crippen molar-refractivity contribution in [2.24, 2.45) is 0 Å². The molecule has 2 rings (SSSR count). The van der Waals surface area contributed by atoms with Gasteiger partial charge >= 0.3 is 0 Å². The third kappa shape index (κ3) is 5.66. The molecule has 148 valence electrons. The molecule has 0 radical (unpaired) electrons. The number of aryl methyl sites for hydroxylation is 2. The molecule has 0 aliphatic heterocycles. The fraction of sp³-hybridized carbons (Fsp3) is 0.471. The number of amides is 1. The Bertz CT molecular complexity index is 912. The van der Waals surface area contributed by atoms with Gasteiger partial charge in [-0.05, 0) is 44.4 Å². The van der Waals surface area contributed by atoms with Crippen LogP contribution in [0.25, 0.3) is 0 Å². The minimum atomic E-state index is -3.66. The lowest BCUT2D eigenvalue weighted by Crippen LogP contribution is -2.45. The van der Waals surface area contributed by atoms with Gasteiger partial charge in [-0.3, -0.25) is 14.4 Å². The molecule has 0 fully saturated rings. The minimum Gasteiger partial charge on any atom is -0.299 e. The normalized spacial score (nSPS) is 12.6. The number of carbonyl (C=O) groups is 1.